The number of aromatic carboxylic acids is 1. The molecule has 4 heteroatoms. The molecule has 0 radical (unpaired) electrons. The zero-order chi connectivity index (χ0) is 12.7. The van der Waals surface area contributed by atoms with E-state index >= 15 is 0 Å². The Morgan fingerprint density at radius 1 is 1.24 bits per heavy atom. The monoisotopic (exact) mass is 237 g/mol. The van der Waals surface area contributed by atoms with Gasteiger partial charge in [-0.05, 0) is 31.4 Å². The minimum atomic E-state index is -0.900. The molecule has 1 aromatic rings. The molecule has 0 amide bonds. The Labute approximate surface area is 101 Å². The molecule has 0 saturated carbocycles. The van der Waals surface area contributed by atoms with Gasteiger partial charge in [-0.25, -0.2) is 4.79 Å². The van der Waals surface area contributed by atoms with E-state index in [1.807, 2.05) is 24.1 Å². The van der Waals surface area contributed by atoms with Crippen molar-refractivity contribution in [2.45, 2.75) is 19.3 Å². The van der Waals surface area contributed by atoms with Crippen molar-refractivity contribution in [1.82, 2.24) is 0 Å². The van der Waals surface area contributed by atoms with Gasteiger partial charge in [0.05, 0.1) is 11.3 Å². The number of hydrogen-bond acceptors (Lipinski definition) is 3. The Kier molecular flexibility index (Phi) is 5.49. The van der Waals surface area contributed by atoms with Crippen molar-refractivity contribution in [2.24, 2.45) is 0 Å². The summed E-state index contributed by atoms with van der Waals surface area (Å²) in [4.78, 5) is 13.0. The van der Waals surface area contributed by atoms with E-state index in [0.29, 0.717) is 5.56 Å². The number of benzene rings is 1. The lowest BCUT2D eigenvalue weighted by Crippen LogP contribution is -2.21. The molecule has 17 heavy (non-hydrogen) atoms. The first-order valence-electron chi connectivity index (χ1n) is 5.81. The molecule has 0 atom stereocenters. The maximum absolute atomic E-state index is 11.0. The lowest BCUT2D eigenvalue weighted by molar-refractivity contribution is 0.0697. The fraction of sp³-hybridized carbons (Fsp3) is 0.462. The van der Waals surface area contributed by atoms with Crippen LogP contribution >= 0.6 is 0 Å². The Morgan fingerprint density at radius 2 is 1.94 bits per heavy atom. The fourth-order valence-electron chi connectivity index (χ4n) is 1.75. The zero-order valence-electron chi connectivity index (χ0n) is 10.1. The Morgan fingerprint density at radius 3 is 2.59 bits per heavy atom. The van der Waals surface area contributed by atoms with Gasteiger partial charge in [-0.2, -0.15) is 0 Å². The number of unbranched alkanes of at least 4 members (excludes halogenated alkanes) is 2. The minimum absolute atomic E-state index is 0.218. The summed E-state index contributed by atoms with van der Waals surface area (Å²) in [6.45, 7) is 1.01. The average Bonchev–Trinajstić information content (AvgIpc) is 2.34. The van der Waals surface area contributed by atoms with E-state index in [0.717, 1.165) is 31.5 Å². The SMILES string of the molecule is CN(CCCCCO)c1ccccc1C(=O)O. The number of carboxylic acid groups (broad SMARTS) is 1. The Bertz CT molecular complexity index is 365. The van der Waals surface area contributed by atoms with Gasteiger partial charge >= 0.3 is 5.97 Å². The first-order valence-corrected chi connectivity index (χ1v) is 5.81. The predicted molar refractivity (Wildman–Crippen MR) is 67.6 cm³/mol. The average molecular weight is 237 g/mol. The first-order chi connectivity index (χ1) is 8.16. The van der Waals surface area contributed by atoms with Crippen LogP contribution in [0.25, 0.3) is 0 Å². The number of carbonyl (C=O) groups is 1. The van der Waals surface area contributed by atoms with Crippen molar-refractivity contribution < 1.29 is 15.0 Å². The van der Waals surface area contributed by atoms with Crippen LogP contribution in [0.4, 0.5) is 5.69 Å². The van der Waals surface area contributed by atoms with E-state index in [-0.39, 0.29) is 6.61 Å². The normalized spacial score (nSPS) is 10.2. The maximum Gasteiger partial charge on any atom is 0.337 e. The third-order valence-electron chi connectivity index (χ3n) is 2.70. The standard InChI is InChI=1S/C13H19NO3/c1-14(9-5-2-6-10-15)12-8-4-3-7-11(12)13(16)17/h3-4,7-8,15H,2,5-6,9-10H2,1H3,(H,16,17). The number of hydrogen-bond donors (Lipinski definition) is 2. The maximum atomic E-state index is 11.0. The van der Waals surface area contributed by atoms with E-state index in [4.69, 9.17) is 10.2 Å². The lowest BCUT2D eigenvalue weighted by Gasteiger charge is -2.21. The summed E-state index contributed by atoms with van der Waals surface area (Å²) in [7, 11) is 1.89. The van der Waals surface area contributed by atoms with Crippen LogP contribution in [0.1, 0.15) is 29.6 Å². The molecular weight excluding hydrogens is 218 g/mol. The fourth-order valence-corrected chi connectivity index (χ4v) is 1.75. The smallest absolute Gasteiger partial charge is 0.337 e. The number of aliphatic hydroxyl groups excluding tert-OH is 1. The molecular formula is C13H19NO3. The van der Waals surface area contributed by atoms with Crippen molar-refractivity contribution in [1.29, 1.82) is 0 Å². The molecule has 4 nitrogen and oxygen atoms in total. The third kappa shape index (κ3) is 4.07. The Balaban J connectivity index is 2.62. The molecule has 0 heterocycles. The van der Waals surface area contributed by atoms with Crippen molar-refractivity contribution in [3.05, 3.63) is 29.8 Å². The number of anilines is 1. The summed E-state index contributed by atoms with van der Waals surface area (Å²) in [6.07, 6.45) is 2.70. The molecule has 1 aromatic carbocycles. The van der Waals surface area contributed by atoms with Gasteiger partial charge in [0.25, 0.3) is 0 Å². The molecule has 0 aliphatic heterocycles. The number of para-hydroxylation sites is 1. The topological polar surface area (TPSA) is 60.8 Å². The van der Waals surface area contributed by atoms with Gasteiger partial charge in [0, 0.05) is 20.2 Å². The molecule has 0 bridgehead atoms. The zero-order valence-corrected chi connectivity index (χ0v) is 10.1. The lowest BCUT2D eigenvalue weighted by atomic mass is 10.1. The van der Waals surface area contributed by atoms with Crippen LogP contribution in [0.2, 0.25) is 0 Å². The van der Waals surface area contributed by atoms with Crippen LogP contribution in [-0.4, -0.2) is 36.4 Å². The minimum Gasteiger partial charge on any atom is -0.478 e. The highest BCUT2D eigenvalue weighted by Gasteiger charge is 2.11. The first kappa shape index (κ1) is 13.5. The van der Waals surface area contributed by atoms with Crippen molar-refractivity contribution in [3.8, 4) is 0 Å². The van der Waals surface area contributed by atoms with Gasteiger partial charge in [0.1, 0.15) is 0 Å². The highest BCUT2D eigenvalue weighted by molar-refractivity contribution is 5.94. The molecule has 1 rings (SSSR count). The van der Waals surface area contributed by atoms with Crippen LogP contribution < -0.4 is 4.90 Å². The van der Waals surface area contributed by atoms with Gasteiger partial charge in [-0.3, -0.25) is 0 Å². The van der Waals surface area contributed by atoms with E-state index < -0.39 is 5.97 Å². The number of rotatable bonds is 7. The highest BCUT2D eigenvalue weighted by atomic mass is 16.4. The predicted octanol–water partition coefficient (Wildman–Crippen LogP) is 1.98. The summed E-state index contributed by atoms with van der Waals surface area (Å²) in [5.41, 5.74) is 1.07. The van der Waals surface area contributed by atoms with Gasteiger partial charge in [-0.15, -0.1) is 0 Å². The molecule has 0 saturated heterocycles. The molecule has 0 aliphatic rings. The second kappa shape index (κ2) is 6.91. The number of nitrogens with zero attached hydrogens (tertiary/aromatic N) is 1. The number of carboxylic acids is 1. The summed E-state index contributed by atoms with van der Waals surface area (Å²) in [6, 6.07) is 7.00. The van der Waals surface area contributed by atoms with Crippen molar-refractivity contribution in [2.75, 3.05) is 25.1 Å². The summed E-state index contributed by atoms with van der Waals surface area (Å²) in [5, 5.41) is 17.7. The second-order valence-corrected chi connectivity index (χ2v) is 4.03. The second-order valence-electron chi connectivity index (χ2n) is 4.03. The molecule has 0 spiro atoms. The third-order valence-corrected chi connectivity index (χ3v) is 2.70. The van der Waals surface area contributed by atoms with Crippen molar-refractivity contribution >= 4 is 11.7 Å². The van der Waals surface area contributed by atoms with E-state index in [1.165, 1.54) is 0 Å². The van der Waals surface area contributed by atoms with E-state index in [9.17, 15) is 4.79 Å². The van der Waals surface area contributed by atoms with Gasteiger partial charge < -0.3 is 15.1 Å². The van der Waals surface area contributed by atoms with Crippen LogP contribution in [0.15, 0.2) is 24.3 Å². The van der Waals surface area contributed by atoms with Crippen molar-refractivity contribution in [3.63, 3.8) is 0 Å². The van der Waals surface area contributed by atoms with Crippen LogP contribution in [0.3, 0.4) is 0 Å². The molecule has 0 unspecified atom stereocenters. The molecule has 0 fully saturated rings. The largest absolute Gasteiger partial charge is 0.478 e. The highest BCUT2D eigenvalue weighted by Crippen LogP contribution is 2.19. The van der Waals surface area contributed by atoms with Gasteiger partial charge in [-0.1, -0.05) is 12.1 Å². The van der Waals surface area contributed by atoms with Gasteiger partial charge in [0.15, 0.2) is 0 Å². The van der Waals surface area contributed by atoms with Crippen LogP contribution in [-0.2, 0) is 0 Å². The molecule has 94 valence electrons. The molecule has 0 aromatic heterocycles. The molecule has 0 aliphatic carbocycles. The number of aliphatic hydroxyl groups is 1. The summed E-state index contributed by atoms with van der Waals surface area (Å²) in [5.74, 6) is -0.900. The van der Waals surface area contributed by atoms with E-state index in [2.05, 4.69) is 0 Å². The van der Waals surface area contributed by atoms with Crippen LogP contribution in [0.5, 0.6) is 0 Å². The van der Waals surface area contributed by atoms with E-state index in [1.54, 1.807) is 12.1 Å². The van der Waals surface area contributed by atoms with Crippen LogP contribution in [0, 0.1) is 0 Å². The molecule has 2 N–H and O–H groups in total. The Hall–Kier alpha value is -1.55. The summed E-state index contributed by atoms with van der Waals surface area (Å²) < 4.78 is 0. The summed E-state index contributed by atoms with van der Waals surface area (Å²) >= 11 is 0. The van der Waals surface area contributed by atoms with Gasteiger partial charge in [0.2, 0.25) is 0 Å². The quantitative estimate of drug-likeness (QED) is 0.712.